The lowest BCUT2D eigenvalue weighted by molar-refractivity contribution is 0.856. The van der Waals surface area contributed by atoms with Gasteiger partial charge < -0.3 is 0 Å². The van der Waals surface area contributed by atoms with E-state index in [-0.39, 0.29) is 22.2 Å². The summed E-state index contributed by atoms with van der Waals surface area (Å²) in [6.45, 7) is 6.69. The van der Waals surface area contributed by atoms with Gasteiger partial charge in [0.2, 0.25) is 0 Å². The molecule has 7 heteroatoms. The number of nitrogens with zero attached hydrogens (tertiary/aromatic N) is 2. The van der Waals surface area contributed by atoms with Crippen LogP contribution in [-0.2, 0) is 14.1 Å². The lowest BCUT2D eigenvalue weighted by Crippen LogP contribution is -2.20. The minimum atomic E-state index is -1.67. The SMILES string of the molecule is Cn1c(=O)c2cc3cc4cc5c(=O)n(C)c(=O)c5cc4c(C#Cc4c5ccccc5c(C#C[Si](C)(C)C)c5ccccc45)c3cc2c1=O. The van der Waals surface area contributed by atoms with Gasteiger partial charge in [0.05, 0.1) is 21.5 Å². The summed E-state index contributed by atoms with van der Waals surface area (Å²) in [7, 11) is 1.27. The summed E-state index contributed by atoms with van der Waals surface area (Å²) < 4.78 is 2.22. The molecule has 0 unspecified atom stereocenters. The summed E-state index contributed by atoms with van der Waals surface area (Å²) in [5.41, 5.74) is 4.49. The number of fused-ring (bicyclic) bond motifs is 6. The van der Waals surface area contributed by atoms with Crippen LogP contribution in [0.3, 0.4) is 0 Å². The minimum absolute atomic E-state index is 0.311. The van der Waals surface area contributed by atoms with Crippen molar-refractivity contribution in [3.8, 4) is 23.3 Å². The molecule has 48 heavy (non-hydrogen) atoms. The number of aromatic nitrogens is 2. The second-order valence-corrected chi connectivity index (χ2v) is 18.2. The van der Waals surface area contributed by atoms with Gasteiger partial charge in [0.1, 0.15) is 8.07 Å². The lowest BCUT2D eigenvalue weighted by atomic mass is 9.91. The predicted molar refractivity (Wildman–Crippen MR) is 200 cm³/mol. The Labute approximate surface area is 275 Å². The second kappa shape index (κ2) is 10.2. The van der Waals surface area contributed by atoms with Crippen LogP contribution in [-0.4, -0.2) is 17.2 Å². The Morgan fingerprint density at radius 3 is 1.15 bits per heavy atom. The van der Waals surface area contributed by atoms with Gasteiger partial charge in [-0.15, -0.1) is 5.54 Å². The topological polar surface area (TPSA) is 78.1 Å². The van der Waals surface area contributed by atoms with E-state index in [0.29, 0.717) is 48.7 Å². The molecule has 2 aromatic heterocycles. The van der Waals surface area contributed by atoms with Gasteiger partial charge in [-0.1, -0.05) is 85.9 Å². The van der Waals surface area contributed by atoms with Crippen molar-refractivity contribution >= 4 is 72.7 Å². The van der Waals surface area contributed by atoms with Crippen LogP contribution in [0, 0.1) is 23.3 Å². The fourth-order valence-electron chi connectivity index (χ4n) is 6.74. The van der Waals surface area contributed by atoms with Crippen LogP contribution < -0.4 is 22.2 Å². The smallest absolute Gasteiger partial charge is 0.261 e. The van der Waals surface area contributed by atoms with E-state index in [1.807, 2.05) is 30.3 Å². The van der Waals surface area contributed by atoms with Crippen LogP contribution in [0.5, 0.6) is 0 Å². The molecule has 0 bridgehead atoms. The van der Waals surface area contributed by atoms with E-state index in [4.69, 9.17) is 0 Å². The maximum atomic E-state index is 13.1. The summed E-state index contributed by atoms with van der Waals surface area (Å²) in [6.07, 6.45) is 0. The van der Waals surface area contributed by atoms with E-state index >= 15 is 0 Å². The number of hydrogen-bond acceptors (Lipinski definition) is 4. The van der Waals surface area contributed by atoms with E-state index in [0.717, 1.165) is 41.8 Å². The van der Waals surface area contributed by atoms with E-state index in [9.17, 15) is 19.2 Å². The number of benzene rings is 6. The molecule has 0 saturated heterocycles. The standard InChI is InChI=1S/C41H28N2O4Si/c1-42-38(44)34-19-23-18-24-20-35-37(41(47)43(2)39(35)45)22-33(24)30(32(23)21-36(34)40(42)46)15-14-29-25-10-6-8-12-27(25)31(16-17-48(3,4)5)28-13-9-7-11-26(28)29/h6-13,18-22H,1-5H3. The highest BCUT2D eigenvalue weighted by molar-refractivity contribution is 6.83. The van der Waals surface area contributed by atoms with E-state index < -0.39 is 8.07 Å². The van der Waals surface area contributed by atoms with Gasteiger partial charge in [-0.3, -0.25) is 28.3 Å². The molecule has 0 aliphatic carbocycles. The fourth-order valence-corrected chi connectivity index (χ4v) is 7.24. The molecular weight excluding hydrogens is 613 g/mol. The largest absolute Gasteiger partial charge is 0.277 e. The van der Waals surface area contributed by atoms with Crippen molar-refractivity contribution in [1.29, 1.82) is 0 Å². The molecule has 0 atom stereocenters. The third-order valence-corrected chi connectivity index (χ3v) is 10.1. The molecule has 0 spiro atoms. The highest BCUT2D eigenvalue weighted by Crippen LogP contribution is 2.34. The highest BCUT2D eigenvalue weighted by Gasteiger charge is 2.18. The van der Waals surface area contributed by atoms with Gasteiger partial charge >= 0.3 is 0 Å². The molecule has 0 aliphatic rings. The molecule has 0 aliphatic heterocycles. The Morgan fingerprint density at radius 2 is 0.771 bits per heavy atom. The van der Waals surface area contributed by atoms with Crippen molar-refractivity contribution < 1.29 is 0 Å². The van der Waals surface area contributed by atoms with E-state index in [1.165, 1.54) is 14.1 Å². The van der Waals surface area contributed by atoms with Gasteiger partial charge in [0.25, 0.3) is 22.2 Å². The van der Waals surface area contributed by atoms with Crippen molar-refractivity contribution in [1.82, 2.24) is 9.13 Å². The van der Waals surface area contributed by atoms with Gasteiger partial charge in [-0.25, -0.2) is 0 Å². The monoisotopic (exact) mass is 640 g/mol. The maximum Gasteiger partial charge on any atom is 0.261 e. The molecule has 0 radical (unpaired) electrons. The normalized spacial score (nSPS) is 11.9. The summed E-state index contributed by atoms with van der Waals surface area (Å²) in [5.74, 6) is 10.5. The number of hydrogen-bond donors (Lipinski definition) is 0. The molecule has 0 N–H and O–H groups in total. The average molecular weight is 641 g/mol. The second-order valence-electron chi connectivity index (χ2n) is 13.4. The summed E-state index contributed by atoms with van der Waals surface area (Å²) in [5, 5.41) is 8.03. The predicted octanol–water partition coefficient (Wildman–Crippen LogP) is 6.23. The van der Waals surface area contributed by atoms with Crippen molar-refractivity contribution in [2.45, 2.75) is 19.6 Å². The van der Waals surface area contributed by atoms with E-state index in [1.54, 1.807) is 24.3 Å². The Kier molecular flexibility index (Phi) is 6.27. The molecule has 8 rings (SSSR count). The molecular formula is C41H28N2O4Si. The van der Waals surface area contributed by atoms with Crippen molar-refractivity contribution in [2.75, 3.05) is 0 Å². The number of rotatable bonds is 0. The third kappa shape index (κ3) is 4.29. The Hall–Kier alpha value is -6.02. The summed E-state index contributed by atoms with van der Waals surface area (Å²) in [6, 6.07) is 25.1. The van der Waals surface area contributed by atoms with Gasteiger partial charge in [0, 0.05) is 30.8 Å². The van der Waals surface area contributed by atoms with Crippen LogP contribution in [0.2, 0.25) is 19.6 Å². The zero-order valence-corrected chi connectivity index (χ0v) is 28.0. The fraction of sp³-hybridized carbons (Fsp3) is 0.122. The van der Waals surface area contributed by atoms with Gasteiger partial charge in [-0.05, 0) is 73.4 Å². The highest BCUT2D eigenvalue weighted by atomic mass is 28.3. The average Bonchev–Trinajstić information content (AvgIpc) is 3.41. The Bertz CT molecular complexity index is 2930. The molecule has 6 nitrogen and oxygen atoms in total. The molecule has 0 fully saturated rings. The lowest BCUT2D eigenvalue weighted by Gasteiger charge is -2.12. The first-order valence-corrected chi connectivity index (χ1v) is 19.1. The molecule has 2 heterocycles. The van der Waals surface area contributed by atoms with E-state index in [2.05, 4.69) is 67.2 Å². The first-order valence-electron chi connectivity index (χ1n) is 15.6. The third-order valence-electron chi connectivity index (χ3n) is 9.18. The zero-order valence-electron chi connectivity index (χ0n) is 27.0. The van der Waals surface area contributed by atoms with Crippen LogP contribution in [0.1, 0.15) is 16.7 Å². The summed E-state index contributed by atoms with van der Waals surface area (Å²) >= 11 is 0. The summed E-state index contributed by atoms with van der Waals surface area (Å²) in [4.78, 5) is 52.0. The van der Waals surface area contributed by atoms with Crippen LogP contribution in [0.15, 0.2) is 98.0 Å². The molecule has 0 saturated carbocycles. The van der Waals surface area contributed by atoms with Crippen LogP contribution >= 0.6 is 0 Å². The van der Waals surface area contributed by atoms with Gasteiger partial charge in [0.15, 0.2) is 0 Å². The minimum Gasteiger partial charge on any atom is -0.277 e. The van der Waals surface area contributed by atoms with Crippen LogP contribution in [0.4, 0.5) is 0 Å². The molecule has 0 amide bonds. The maximum absolute atomic E-state index is 13.1. The van der Waals surface area contributed by atoms with Crippen molar-refractivity contribution in [3.05, 3.63) is 137 Å². The Balaban J connectivity index is 1.53. The molecule has 8 aromatic rings. The van der Waals surface area contributed by atoms with Crippen molar-refractivity contribution in [2.24, 2.45) is 14.1 Å². The van der Waals surface area contributed by atoms with Gasteiger partial charge in [-0.2, -0.15) is 0 Å². The zero-order chi connectivity index (χ0) is 33.6. The van der Waals surface area contributed by atoms with Crippen molar-refractivity contribution in [3.63, 3.8) is 0 Å². The first kappa shape index (κ1) is 29.4. The molecule has 230 valence electrons. The van der Waals surface area contributed by atoms with Crippen LogP contribution in [0.25, 0.3) is 64.6 Å². The quantitative estimate of drug-likeness (QED) is 0.112. The first-order chi connectivity index (χ1) is 22.9. The Morgan fingerprint density at radius 1 is 0.438 bits per heavy atom. The molecule has 6 aromatic carbocycles.